The van der Waals surface area contributed by atoms with Gasteiger partial charge in [-0.05, 0) is 31.8 Å². The molecule has 0 aliphatic carbocycles. The van der Waals surface area contributed by atoms with Gasteiger partial charge in [0.05, 0.1) is 6.54 Å². The van der Waals surface area contributed by atoms with E-state index in [0.29, 0.717) is 6.04 Å². The molecule has 0 amide bonds. The average molecular weight is 338 g/mol. The zero-order valence-electron chi connectivity index (χ0n) is 14.7. The van der Waals surface area contributed by atoms with Crippen LogP contribution in [0, 0.1) is 0 Å². The molecule has 1 aliphatic heterocycles. The zero-order chi connectivity index (χ0) is 16.5. The number of hydrogen-bond donors (Lipinski definition) is 2. The molecule has 1 aliphatic rings. The number of piperazine rings is 1. The van der Waals surface area contributed by atoms with Gasteiger partial charge in [0, 0.05) is 50.2 Å². The van der Waals surface area contributed by atoms with E-state index in [1.165, 1.54) is 37.6 Å². The second-order valence-electron chi connectivity index (χ2n) is 5.97. The molecular formula is C17H31N5S. The van der Waals surface area contributed by atoms with Crippen LogP contribution in [0.3, 0.4) is 0 Å². The number of nitrogens with zero attached hydrogens (tertiary/aromatic N) is 3. The minimum absolute atomic E-state index is 0.527. The molecule has 1 saturated heterocycles. The summed E-state index contributed by atoms with van der Waals surface area (Å²) < 4.78 is 0. The normalized spacial score (nSPS) is 18.8. The lowest BCUT2D eigenvalue weighted by Gasteiger charge is -2.37. The van der Waals surface area contributed by atoms with Gasteiger partial charge in [-0.3, -0.25) is 4.90 Å². The largest absolute Gasteiger partial charge is 0.357 e. The van der Waals surface area contributed by atoms with E-state index >= 15 is 0 Å². The van der Waals surface area contributed by atoms with E-state index in [1.807, 2.05) is 0 Å². The minimum Gasteiger partial charge on any atom is -0.357 e. The van der Waals surface area contributed by atoms with Crippen LogP contribution in [0.15, 0.2) is 22.5 Å². The first-order chi connectivity index (χ1) is 11.2. The van der Waals surface area contributed by atoms with Gasteiger partial charge in [0.25, 0.3) is 0 Å². The van der Waals surface area contributed by atoms with Gasteiger partial charge in [-0.2, -0.15) is 0 Å². The van der Waals surface area contributed by atoms with Crippen LogP contribution < -0.4 is 10.6 Å². The molecule has 0 bridgehead atoms. The second-order valence-corrected chi connectivity index (χ2v) is 7.01. The van der Waals surface area contributed by atoms with E-state index in [1.54, 1.807) is 11.3 Å². The molecule has 130 valence electrons. The Morgan fingerprint density at radius 2 is 2.04 bits per heavy atom. The monoisotopic (exact) mass is 337 g/mol. The van der Waals surface area contributed by atoms with Crippen molar-refractivity contribution in [2.75, 3.05) is 45.8 Å². The van der Waals surface area contributed by atoms with Gasteiger partial charge in [0.2, 0.25) is 0 Å². The van der Waals surface area contributed by atoms with Gasteiger partial charge in [-0.1, -0.05) is 13.0 Å². The molecule has 0 spiro atoms. The summed E-state index contributed by atoms with van der Waals surface area (Å²) in [7, 11) is 0. The van der Waals surface area contributed by atoms with Crippen LogP contribution >= 0.6 is 11.3 Å². The van der Waals surface area contributed by atoms with Crippen molar-refractivity contribution in [1.82, 2.24) is 20.4 Å². The minimum atomic E-state index is 0.527. The van der Waals surface area contributed by atoms with Crippen molar-refractivity contribution in [3.05, 3.63) is 22.4 Å². The first kappa shape index (κ1) is 18.2. The molecule has 2 rings (SSSR count). The maximum atomic E-state index is 4.68. The van der Waals surface area contributed by atoms with Crippen LogP contribution in [0.4, 0.5) is 0 Å². The number of nitrogens with one attached hydrogen (secondary N) is 2. The molecule has 0 aromatic carbocycles. The highest BCUT2D eigenvalue weighted by Gasteiger charge is 2.20. The van der Waals surface area contributed by atoms with Crippen LogP contribution in [0.2, 0.25) is 0 Å². The van der Waals surface area contributed by atoms with E-state index < -0.39 is 0 Å². The smallest absolute Gasteiger partial charge is 0.191 e. The molecule has 1 unspecified atom stereocenters. The van der Waals surface area contributed by atoms with E-state index in [4.69, 9.17) is 0 Å². The van der Waals surface area contributed by atoms with Crippen molar-refractivity contribution in [3.63, 3.8) is 0 Å². The molecule has 1 aromatic rings. The Kier molecular flexibility index (Phi) is 7.85. The maximum absolute atomic E-state index is 4.68. The maximum Gasteiger partial charge on any atom is 0.191 e. The van der Waals surface area contributed by atoms with Crippen LogP contribution in [-0.2, 0) is 6.54 Å². The summed E-state index contributed by atoms with van der Waals surface area (Å²) in [5, 5.41) is 8.93. The number of thiophene rings is 1. The highest BCUT2D eigenvalue weighted by atomic mass is 32.1. The van der Waals surface area contributed by atoms with Crippen molar-refractivity contribution >= 4 is 17.3 Å². The Morgan fingerprint density at radius 1 is 1.26 bits per heavy atom. The number of likely N-dealkylation sites (N-methyl/N-ethyl adjacent to an activating group) is 1. The van der Waals surface area contributed by atoms with Gasteiger partial charge < -0.3 is 15.5 Å². The van der Waals surface area contributed by atoms with E-state index in [0.717, 1.165) is 25.6 Å². The number of hydrogen-bond acceptors (Lipinski definition) is 4. The van der Waals surface area contributed by atoms with Crippen molar-refractivity contribution in [2.45, 2.75) is 33.4 Å². The second kappa shape index (κ2) is 9.90. The molecule has 2 heterocycles. The highest BCUT2D eigenvalue weighted by molar-refractivity contribution is 7.09. The standard InChI is InChI=1S/C17H31N5S/c1-4-18-17(20-14-16-7-6-12-23-16)19-13-15(3)22-10-8-21(5-2)9-11-22/h6-7,12,15H,4-5,8-11,13-14H2,1-3H3,(H2,18,19,20). The fourth-order valence-electron chi connectivity index (χ4n) is 2.80. The van der Waals surface area contributed by atoms with E-state index in [-0.39, 0.29) is 0 Å². The lowest BCUT2D eigenvalue weighted by Crippen LogP contribution is -2.53. The molecule has 6 heteroatoms. The predicted octanol–water partition coefficient (Wildman–Crippen LogP) is 1.83. The van der Waals surface area contributed by atoms with Crippen LogP contribution in [0.25, 0.3) is 0 Å². The first-order valence-corrected chi connectivity index (χ1v) is 9.61. The first-order valence-electron chi connectivity index (χ1n) is 8.73. The Morgan fingerprint density at radius 3 is 2.65 bits per heavy atom. The van der Waals surface area contributed by atoms with Crippen molar-refractivity contribution in [1.29, 1.82) is 0 Å². The Labute approximate surface area is 144 Å². The zero-order valence-corrected chi connectivity index (χ0v) is 15.5. The molecule has 5 nitrogen and oxygen atoms in total. The molecule has 23 heavy (non-hydrogen) atoms. The summed E-state index contributed by atoms with van der Waals surface area (Å²) in [4.78, 5) is 11.1. The third-order valence-corrected chi connectivity index (χ3v) is 5.22. The number of aliphatic imine (C=N–C) groups is 1. The van der Waals surface area contributed by atoms with Crippen molar-refractivity contribution in [2.24, 2.45) is 4.99 Å². The quantitative estimate of drug-likeness (QED) is 0.588. The lowest BCUT2D eigenvalue weighted by molar-refractivity contribution is 0.107. The fourth-order valence-corrected chi connectivity index (χ4v) is 3.42. The van der Waals surface area contributed by atoms with Gasteiger partial charge in [0.1, 0.15) is 0 Å². The predicted molar refractivity (Wildman–Crippen MR) is 100 cm³/mol. The molecule has 2 N–H and O–H groups in total. The molecule has 1 atom stereocenters. The molecule has 1 aromatic heterocycles. The molecule has 0 saturated carbocycles. The van der Waals surface area contributed by atoms with Gasteiger partial charge in [0.15, 0.2) is 5.96 Å². The SMILES string of the molecule is CCNC(=NCc1cccs1)NCC(C)N1CCN(CC)CC1. The summed E-state index contributed by atoms with van der Waals surface area (Å²) in [5.74, 6) is 0.917. The molecular weight excluding hydrogens is 306 g/mol. The number of guanidine groups is 1. The van der Waals surface area contributed by atoms with Gasteiger partial charge in [-0.25, -0.2) is 4.99 Å². The van der Waals surface area contributed by atoms with Crippen LogP contribution in [0.1, 0.15) is 25.6 Å². The topological polar surface area (TPSA) is 42.9 Å². The van der Waals surface area contributed by atoms with E-state index in [2.05, 4.69) is 63.7 Å². The summed E-state index contributed by atoms with van der Waals surface area (Å²) in [6.45, 7) is 15.1. The summed E-state index contributed by atoms with van der Waals surface area (Å²) >= 11 is 1.76. The van der Waals surface area contributed by atoms with Gasteiger partial charge in [-0.15, -0.1) is 11.3 Å². The summed E-state index contributed by atoms with van der Waals surface area (Å²) in [6.07, 6.45) is 0. The summed E-state index contributed by atoms with van der Waals surface area (Å²) in [6, 6.07) is 4.74. The van der Waals surface area contributed by atoms with Crippen LogP contribution in [-0.4, -0.2) is 67.6 Å². The van der Waals surface area contributed by atoms with Crippen molar-refractivity contribution < 1.29 is 0 Å². The third-order valence-electron chi connectivity index (χ3n) is 4.36. The fraction of sp³-hybridized carbons (Fsp3) is 0.706. The summed E-state index contributed by atoms with van der Waals surface area (Å²) in [5.41, 5.74) is 0. The Hall–Kier alpha value is -1.11. The third kappa shape index (κ3) is 6.12. The molecule has 0 radical (unpaired) electrons. The Bertz CT molecular complexity index is 452. The van der Waals surface area contributed by atoms with Crippen LogP contribution in [0.5, 0.6) is 0 Å². The lowest BCUT2D eigenvalue weighted by atomic mass is 10.2. The Balaban J connectivity index is 1.77. The van der Waals surface area contributed by atoms with Gasteiger partial charge >= 0.3 is 0 Å². The van der Waals surface area contributed by atoms with E-state index in [9.17, 15) is 0 Å². The van der Waals surface area contributed by atoms with Crippen molar-refractivity contribution in [3.8, 4) is 0 Å². The highest BCUT2D eigenvalue weighted by Crippen LogP contribution is 2.09. The molecule has 1 fully saturated rings. The number of rotatable bonds is 7. The average Bonchev–Trinajstić information content (AvgIpc) is 3.10.